The third-order valence-corrected chi connectivity index (χ3v) is 4.58. The molecular weight excluding hydrogens is 371 g/mol. The molecule has 0 atom stereocenters. The van der Waals surface area contributed by atoms with E-state index in [2.05, 4.69) is 5.32 Å². The molecule has 1 N–H and O–H groups in total. The molecule has 2 rings (SSSR count). The van der Waals surface area contributed by atoms with Crippen LogP contribution in [0.4, 0.5) is 18.9 Å². The molecule has 0 aliphatic heterocycles. The molecule has 0 bridgehead atoms. The van der Waals surface area contributed by atoms with E-state index in [1.165, 1.54) is 42.9 Å². The molecule has 2 aromatic rings. The Labute approximate surface area is 150 Å². The number of nitrogens with zero attached hydrogens (tertiary/aromatic N) is 2. The molecule has 26 heavy (non-hydrogen) atoms. The van der Waals surface area contributed by atoms with Crippen molar-refractivity contribution in [3.05, 3.63) is 62.4 Å². The molecular formula is C16H16F3N3O3S. The van der Waals surface area contributed by atoms with Gasteiger partial charge in [-0.1, -0.05) is 12.1 Å². The van der Waals surface area contributed by atoms with Crippen LogP contribution in [0.2, 0.25) is 0 Å². The van der Waals surface area contributed by atoms with Crippen molar-refractivity contribution in [2.24, 2.45) is 14.1 Å². The molecule has 0 saturated carbocycles. The molecule has 140 valence electrons. The van der Waals surface area contributed by atoms with E-state index in [1.807, 2.05) is 0 Å². The number of thioether (sulfide) groups is 1. The number of halogens is 3. The topological polar surface area (TPSA) is 73.1 Å². The first-order valence-corrected chi connectivity index (χ1v) is 8.56. The van der Waals surface area contributed by atoms with E-state index in [9.17, 15) is 27.6 Å². The Morgan fingerprint density at radius 1 is 1.15 bits per heavy atom. The highest BCUT2D eigenvalue weighted by Gasteiger charge is 2.33. The summed E-state index contributed by atoms with van der Waals surface area (Å²) in [7, 11) is 2.85. The van der Waals surface area contributed by atoms with Crippen LogP contribution in [0.1, 0.15) is 11.3 Å². The van der Waals surface area contributed by atoms with Crippen LogP contribution in [-0.2, 0) is 30.8 Å². The van der Waals surface area contributed by atoms with Crippen molar-refractivity contribution < 1.29 is 18.0 Å². The SMILES string of the molecule is Cn1c(CSCC(=O)Nc2ccccc2C(F)(F)F)cc(=O)n(C)c1=O. The molecule has 10 heteroatoms. The number of nitrogens with one attached hydrogen (secondary N) is 1. The Hall–Kier alpha value is -2.49. The summed E-state index contributed by atoms with van der Waals surface area (Å²) in [6.07, 6.45) is -4.57. The predicted octanol–water partition coefficient (Wildman–Crippen LogP) is 1.97. The van der Waals surface area contributed by atoms with Crippen molar-refractivity contribution in [3.8, 4) is 0 Å². The summed E-state index contributed by atoms with van der Waals surface area (Å²) in [5.74, 6) is -0.549. The molecule has 1 aromatic carbocycles. The van der Waals surface area contributed by atoms with E-state index in [0.717, 1.165) is 22.4 Å². The zero-order chi connectivity index (χ0) is 19.5. The van der Waals surface area contributed by atoms with Crippen LogP contribution in [-0.4, -0.2) is 20.8 Å². The summed E-state index contributed by atoms with van der Waals surface area (Å²) in [6, 6.07) is 5.98. The molecule has 0 fully saturated rings. The van der Waals surface area contributed by atoms with Gasteiger partial charge in [-0.25, -0.2) is 4.79 Å². The fraction of sp³-hybridized carbons (Fsp3) is 0.312. The number of hydrogen-bond donors (Lipinski definition) is 1. The second-order valence-electron chi connectivity index (χ2n) is 5.46. The van der Waals surface area contributed by atoms with Crippen molar-refractivity contribution in [2.75, 3.05) is 11.1 Å². The van der Waals surface area contributed by atoms with Crippen molar-refractivity contribution in [3.63, 3.8) is 0 Å². The van der Waals surface area contributed by atoms with Crippen LogP contribution in [0.25, 0.3) is 0 Å². The lowest BCUT2D eigenvalue weighted by Gasteiger charge is -2.13. The van der Waals surface area contributed by atoms with Gasteiger partial charge < -0.3 is 5.32 Å². The van der Waals surface area contributed by atoms with Crippen LogP contribution in [0, 0.1) is 0 Å². The summed E-state index contributed by atoms with van der Waals surface area (Å²) < 4.78 is 40.9. The second-order valence-corrected chi connectivity index (χ2v) is 6.44. The first-order valence-electron chi connectivity index (χ1n) is 7.41. The monoisotopic (exact) mass is 387 g/mol. The third-order valence-electron chi connectivity index (χ3n) is 3.62. The third kappa shape index (κ3) is 4.57. The number of alkyl halides is 3. The predicted molar refractivity (Wildman–Crippen MR) is 93.2 cm³/mol. The van der Waals surface area contributed by atoms with Crippen LogP contribution in [0.5, 0.6) is 0 Å². The molecule has 0 aliphatic rings. The minimum absolute atomic E-state index is 0.129. The van der Waals surface area contributed by atoms with Gasteiger partial charge in [-0.15, -0.1) is 11.8 Å². The van der Waals surface area contributed by atoms with Gasteiger partial charge in [0.05, 0.1) is 17.0 Å². The number of para-hydroxylation sites is 1. The van der Waals surface area contributed by atoms with Gasteiger partial charge in [-0.05, 0) is 12.1 Å². The molecule has 1 amide bonds. The minimum Gasteiger partial charge on any atom is -0.325 e. The zero-order valence-corrected chi connectivity index (χ0v) is 14.8. The van der Waals surface area contributed by atoms with Gasteiger partial charge in [-0.3, -0.25) is 18.7 Å². The largest absolute Gasteiger partial charge is 0.418 e. The van der Waals surface area contributed by atoms with Crippen LogP contribution in [0.15, 0.2) is 39.9 Å². The number of benzene rings is 1. The lowest BCUT2D eigenvalue weighted by Crippen LogP contribution is -2.37. The Morgan fingerprint density at radius 3 is 2.46 bits per heavy atom. The molecule has 0 saturated heterocycles. The summed E-state index contributed by atoms with van der Waals surface area (Å²) in [6.45, 7) is 0. The molecule has 6 nitrogen and oxygen atoms in total. The van der Waals surface area contributed by atoms with Crippen molar-refractivity contribution in [1.29, 1.82) is 0 Å². The number of amides is 1. The van der Waals surface area contributed by atoms with Crippen LogP contribution < -0.4 is 16.6 Å². The highest BCUT2D eigenvalue weighted by atomic mass is 32.2. The average Bonchev–Trinajstić information content (AvgIpc) is 2.57. The Balaban J connectivity index is 2.01. The summed E-state index contributed by atoms with van der Waals surface area (Å²) >= 11 is 1.08. The molecule has 1 heterocycles. The smallest absolute Gasteiger partial charge is 0.325 e. The lowest BCUT2D eigenvalue weighted by atomic mass is 10.1. The first kappa shape index (κ1) is 19.8. The van der Waals surface area contributed by atoms with Gasteiger partial charge in [0.25, 0.3) is 5.56 Å². The Morgan fingerprint density at radius 2 is 1.81 bits per heavy atom. The van der Waals surface area contributed by atoms with E-state index >= 15 is 0 Å². The van der Waals surface area contributed by atoms with Crippen molar-refractivity contribution in [1.82, 2.24) is 9.13 Å². The fourth-order valence-electron chi connectivity index (χ4n) is 2.19. The van der Waals surface area contributed by atoms with Gasteiger partial charge in [0.15, 0.2) is 0 Å². The van der Waals surface area contributed by atoms with E-state index < -0.39 is 28.9 Å². The Bertz CT molecular complexity index is 935. The average molecular weight is 387 g/mol. The maximum atomic E-state index is 12.9. The number of carbonyl (C=O) groups excluding carboxylic acids is 1. The number of anilines is 1. The molecule has 1 aromatic heterocycles. The van der Waals surface area contributed by atoms with Gasteiger partial charge in [0, 0.05) is 31.6 Å². The van der Waals surface area contributed by atoms with Crippen LogP contribution in [0.3, 0.4) is 0 Å². The lowest BCUT2D eigenvalue weighted by molar-refractivity contribution is -0.137. The fourth-order valence-corrected chi connectivity index (χ4v) is 3.04. The first-order chi connectivity index (χ1) is 12.1. The summed E-state index contributed by atoms with van der Waals surface area (Å²) in [4.78, 5) is 35.4. The van der Waals surface area contributed by atoms with Gasteiger partial charge in [-0.2, -0.15) is 13.2 Å². The summed E-state index contributed by atoms with van der Waals surface area (Å²) in [5, 5.41) is 2.24. The zero-order valence-electron chi connectivity index (χ0n) is 14.0. The number of carbonyl (C=O) groups is 1. The maximum absolute atomic E-state index is 12.9. The normalized spacial score (nSPS) is 11.4. The van der Waals surface area contributed by atoms with E-state index in [0.29, 0.717) is 5.69 Å². The van der Waals surface area contributed by atoms with Crippen molar-refractivity contribution >= 4 is 23.4 Å². The quantitative estimate of drug-likeness (QED) is 0.852. The second kappa shape index (κ2) is 7.81. The highest BCUT2D eigenvalue weighted by Crippen LogP contribution is 2.34. The van der Waals surface area contributed by atoms with Gasteiger partial charge >= 0.3 is 11.9 Å². The molecule has 0 radical (unpaired) electrons. The molecule has 0 aliphatic carbocycles. The number of rotatable bonds is 5. The summed E-state index contributed by atoms with van der Waals surface area (Å²) in [5.41, 5.74) is -1.77. The number of hydrogen-bond acceptors (Lipinski definition) is 4. The molecule has 0 spiro atoms. The van der Waals surface area contributed by atoms with E-state index in [4.69, 9.17) is 0 Å². The van der Waals surface area contributed by atoms with E-state index in [-0.39, 0.29) is 17.2 Å². The maximum Gasteiger partial charge on any atom is 0.418 e. The minimum atomic E-state index is -4.57. The highest BCUT2D eigenvalue weighted by molar-refractivity contribution is 7.99. The molecule has 0 unspecified atom stereocenters. The van der Waals surface area contributed by atoms with Crippen LogP contribution >= 0.6 is 11.8 Å². The van der Waals surface area contributed by atoms with Crippen molar-refractivity contribution in [2.45, 2.75) is 11.9 Å². The van der Waals surface area contributed by atoms with Gasteiger partial charge in [0.1, 0.15) is 0 Å². The van der Waals surface area contributed by atoms with E-state index in [1.54, 1.807) is 0 Å². The Kier molecular flexibility index (Phi) is 5.96. The van der Waals surface area contributed by atoms with Gasteiger partial charge in [0.2, 0.25) is 5.91 Å². The number of aromatic nitrogens is 2. The standard InChI is InChI=1S/C16H16F3N3O3S/c1-21-10(7-14(24)22(2)15(21)25)8-26-9-13(23)20-12-6-4-3-5-11(12)16(17,18)19/h3-7H,8-9H2,1-2H3,(H,20,23).